The zero-order valence-electron chi connectivity index (χ0n) is 15.3. The number of carbonyl (C=O) groups is 1. The number of amides is 1. The van der Waals surface area contributed by atoms with Gasteiger partial charge in [0.25, 0.3) is 0 Å². The first-order chi connectivity index (χ1) is 12.8. The number of likely N-dealkylation sites (N-methyl/N-ethyl adjacent to an activating group) is 1. The van der Waals surface area contributed by atoms with Gasteiger partial charge in [-0.15, -0.1) is 0 Å². The van der Waals surface area contributed by atoms with Gasteiger partial charge in [-0.2, -0.15) is 0 Å². The standard InChI is InChI=1S/C20H20N2O4S/c1-14-16(21-20(26-14)15-9-5-4-6-10-15)13-19(23)22(2)17-11-7-8-12-18(17)27(3,24)25/h4-12H,13H2,1-3H3. The minimum atomic E-state index is -3.45. The number of hydrogen-bond acceptors (Lipinski definition) is 5. The molecular formula is C20H20N2O4S. The Balaban J connectivity index is 1.86. The summed E-state index contributed by atoms with van der Waals surface area (Å²) in [6.45, 7) is 1.76. The predicted molar refractivity (Wildman–Crippen MR) is 103 cm³/mol. The maximum absolute atomic E-state index is 12.7. The number of para-hydroxylation sites is 1. The van der Waals surface area contributed by atoms with Crippen molar-refractivity contribution in [3.8, 4) is 11.5 Å². The molecule has 0 unspecified atom stereocenters. The largest absolute Gasteiger partial charge is 0.441 e. The molecular weight excluding hydrogens is 364 g/mol. The summed E-state index contributed by atoms with van der Waals surface area (Å²) in [5.74, 6) is 0.740. The highest BCUT2D eigenvalue weighted by atomic mass is 32.2. The van der Waals surface area contributed by atoms with Gasteiger partial charge >= 0.3 is 0 Å². The van der Waals surface area contributed by atoms with Gasteiger partial charge < -0.3 is 9.32 Å². The second-order valence-electron chi connectivity index (χ2n) is 6.26. The highest BCUT2D eigenvalue weighted by Crippen LogP contribution is 2.26. The zero-order valence-corrected chi connectivity index (χ0v) is 16.2. The number of carbonyl (C=O) groups excluding carboxylic acids is 1. The van der Waals surface area contributed by atoms with Crippen LogP contribution in [0.2, 0.25) is 0 Å². The summed E-state index contributed by atoms with van der Waals surface area (Å²) in [4.78, 5) is 18.6. The first-order valence-corrected chi connectivity index (χ1v) is 10.2. The number of sulfone groups is 1. The molecule has 0 fully saturated rings. The van der Waals surface area contributed by atoms with E-state index in [0.717, 1.165) is 11.8 Å². The number of anilines is 1. The molecule has 6 nitrogen and oxygen atoms in total. The van der Waals surface area contributed by atoms with Gasteiger partial charge in [-0.1, -0.05) is 30.3 Å². The average Bonchev–Trinajstić information content (AvgIpc) is 3.01. The lowest BCUT2D eigenvalue weighted by Crippen LogP contribution is -2.29. The van der Waals surface area contributed by atoms with Crippen molar-refractivity contribution in [1.82, 2.24) is 4.98 Å². The minimum absolute atomic E-state index is 0.0107. The van der Waals surface area contributed by atoms with Crippen LogP contribution in [-0.2, 0) is 21.1 Å². The Kier molecular flexibility index (Phi) is 5.14. The molecule has 140 valence electrons. The number of hydrogen-bond donors (Lipinski definition) is 0. The van der Waals surface area contributed by atoms with Crippen LogP contribution in [-0.4, -0.2) is 32.6 Å². The van der Waals surface area contributed by atoms with Gasteiger partial charge in [-0.25, -0.2) is 13.4 Å². The van der Waals surface area contributed by atoms with Gasteiger partial charge in [0.1, 0.15) is 5.76 Å². The predicted octanol–water partition coefficient (Wildman–Crippen LogP) is 3.26. The Morgan fingerprint density at radius 1 is 1.07 bits per heavy atom. The number of oxazole rings is 1. The fourth-order valence-corrected chi connectivity index (χ4v) is 3.65. The van der Waals surface area contributed by atoms with Crippen LogP contribution >= 0.6 is 0 Å². The Morgan fingerprint density at radius 2 is 1.70 bits per heavy atom. The fourth-order valence-electron chi connectivity index (χ4n) is 2.74. The Hall–Kier alpha value is -2.93. The van der Waals surface area contributed by atoms with Crippen molar-refractivity contribution >= 4 is 21.4 Å². The molecule has 1 aromatic heterocycles. The van der Waals surface area contributed by atoms with Crippen LogP contribution < -0.4 is 4.90 Å². The van der Waals surface area contributed by atoms with Gasteiger partial charge in [-0.3, -0.25) is 4.79 Å². The van der Waals surface area contributed by atoms with E-state index >= 15 is 0 Å². The molecule has 0 spiro atoms. The third kappa shape index (κ3) is 4.09. The highest BCUT2D eigenvalue weighted by Gasteiger charge is 2.22. The molecule has 0 aliphatic carbocycles. The molecule has 2 aromatic carbocycles. The van der Waals surface area contributed by atoms with Crippen LogP contribution in [0.25, 0.3) is 11.5 Å². The summed E-state index contributed by atoms with van der Waals surface area (Å²) < 4.78 is 29.7. The van der Waals surface area contributed by atoms with Gasteiger partial charge in [-0.05, 0) is 31.2 Å². The van der Waals surface area contributed by atoms with Crippen molar-refractivity contribution in [3.05, 3.63) is 66.1 Å². The van der Waals surface area contributed by atoms with E-state index in [4.69, 9.17) is 4.42 Å². The van der Waals surface area contributed by atoms with E-state index in [1.165, 1.54) is 11.0 Å². The summed E-state index contributed by atoms with van der Waals surface area (Å²) in [5.41, 5.74) is 1.70. The number of aryl methyl sites for hydroxylation is 1. The fraction of sp³-hybridized carbons (Fsp3) is 0.200. The van der Waals surface area contributed by atoms with Gasteiger partial charge in [0.15, 0.2) is 9.84 Å². The molecule has 0 atom stereocenters. The Morgan fingerprint density at radius 3 is 2.37 bits per heavy atom. The van der Waals surface area contributed by atoms with Gasteiger partial charge in [0.05, 0.1) is 22.7 Å². The molecule has 0 saturated carbocycles. The number of benzene rings is 2. The van der Waals surface area contributed by atoms with E-state index < -0.39 is 9.84 Å². The second kappa shape index (κ2) is 7.36. The topological polar surface area (TPSA) is 80.5 Å². The summed E-state index contributed by atoms with van der Waals surface area (Å²) in [6.07, 6.45) is 1.13. The van der Waals surface area contributed by atoms with Gasteiger partial charge in [0, 0.05) is 18.9 Å². The minimum Gasteiger partial charge on any atom is -0.441 e. The smallest absolute Gasteiger partial charge is 0.232 e. The maximum Gasteiger partial charge on any atom is 0.232 e. The van der Waals surface area contributed by atoms with Crippen molar-refractivity contribution in [2.24, 2.45) is 0 Å². The van der Waals surface area contributed by atoms with Crippen LogP contribution in [0.4, 0.5) is 5.69 Å². The summed E-state index contributed by atoms with van der Waals surface area (Å²) in [6, 6.07) is 15.9. The number of nitrogens with zero attached hydrogens (tertiary/aromatic N) is 2. The Labute approximate surface area is 158 Å². The van der Waals surface area contributed by atoms with Crippen molar-refractivity contribution < 1.29 is 17.6 Å². The molecule has 7 heteroatoms. The lowest BCUT2D eigenvalue weighted by molar-refractivity contribution is -0.117. The van der Waals surface area contributed by atoms with Gasteiger partial charge in [0.2, 0.25) is 11.8 Å². The van der Waals surface area contributed by atoms with E-state index in [2.05, 4.69) is 4.98 Å². The van der Waals surface area contributed by atoms with Crippen molar-refractivity contribution in [2.45, 2.75) is 18.2 Å². The molecule has 0 N–H and O–H groups in total. The lowest BCUT2D eigenvalue weighted by Gasteiger charge is -2.19. The molecule has 1 amide bonds. The van der Waals surface area contributed by atoms with Crippen LogP contribution in [0.5, 0.6) is 0 Å². The molecule has 0 radical (unpaired) electrons. The monoisotopic (exact) mass is 384 g/mol. The summed E-state index contributed by atoms with van der Waals surface area (Å²) >= 11 is 0. The lowest BCUT2D eigenvalue weighted by atomic mass is 10.2. The summed E-state index contributed by atoms with van der Waals surface area (Å²) in [5, 5.41) is 0. The maximum atomic E-state index is 12.7. The van der Waals surface area contributed by atoms with Crippen LogP contribution in [0.3, 0.4) is 0 Å². The highest BCUT2D eigenvalue weighted by molar-refractivity contribution is 7.90. The third-order valence-electron chi connectivity index (χ3n) is 4.23. The van der Waals surface area contributed by atoms with E-state index in [1.54, 1.807) is 32.2 Å². The number of aromatic nitrogens is 1. The molecule has 0 saturated heterocycles. The SMILES string of the molecule is Cc1oc(-c2ccccc2)nc1CC(=O)N(C)c1ccccc1S(C)(=O)=O. The van der Waals surface area contributed by atoms with Crippen molar-refractivity contribution in [3.63, 3.8) is 0 Å². The van der Waals surface area contributed by atoms with Crippen LogP contribution in [0.1, 0.15) is 11.5 Å². The normalized spacial score (nSPS) is 11.4. The second-order valence-corrected chi connectivity index (χ2v) is 8.24. The molecule has 1 heterocycles. The Bertz CT molecular complexity index is 1070. The molecule has 27 heavy (non-hydrogen) atoms. The quantitative estimate of drug-likeness (QED) is 0.674. The van der Waals surface area contributed by atoms with E-state index in [0.29, 0.717) is 23.0 Å². The van der Waals surface area contributed by atoms with E-state index in [-0.39, 0.29) is 17.2 Å². The third-order valence-corrected chi connectivity index (χ3v) is 5.38. The molecule has 0 aliphatic rings. The average molecular weight is 384 g/mol. The first kappa shape index (κ1) is 18.8. The molecule has 3 aromatic rings. The van der Waals surface area contributed by atoms with Crippen molar-refractivity contribution in [2.75, 3.05) is 18.2 Å². The molecule has 3 rings (SSSR count). The number of rotatable bonds is 5. The molecule has 0 aliphatic heterocycles. The molecule has 0 bridgehead atoms. The zero-order chi connectivity index (χ0) is 19.6. The van der Waals surface area contributed by atoms with Crippen molar-refractivity contribution in [1.29, 1.82) is 0 Å². The first-order valence-electron chi connectivity index (χ1n) is 8.34. The van der Waals surface area contributed by atoms with E-state index in [9.17, 15) is 13.2 Å². The summed E-state index contributed by atoms with van der Waals surface area (Å²) in [7, 11) is -1.90. The van der Waals surface area contributed by atoms with Crippen LogP contribution in [0, 0.1) is 6.92 Å². The van der Waals surface area contributed by atoms with Crippen LogP contribution in [0.15, 0.2) is 63.9 Å². The van der Waals surface area contributed by atoms with E-state index in [1.807, 2.05) is 30.3 Å².